The standard InChI is InChI=1S/C10H20O2S2/c1-8(2)9(11)14-10(3,4)7-12-5-6-13/h8,13H,5-7H2,1-4H3. The first-order valence-electron chi connectivity index (χ1n) is 4.80. The van der Waals surface area contributed by atoms with E-state index in [0.29, 0.717) is 13.2 Å². The van der Waals surface area contributed by atoms with E-state index in [1.807, 2.05) is 27.7 Å². The van der Waals surface area contributed by atoms with Crippen molar-refractivity contribution in [2.75, 3.05) is 19.0 Å². The molecule has 2 nitrogen and oxygen atoms in total. The maximum Gasteiger partial charge on any atom is 0.192 e. The molecule has 14 heavy (non-hydrogen) atoms. The van der Waals surface area contributed by atoms with Crippen LogP contribution in [0.1, 0.15) is 27.7 Å². The van der Waals surface area contributed by atoms with Gasteiger partial charge >= 0.3 is 0 Å². The number of rotatable bonds is 6. The highest BCUT2D eigenvalue weighted by Gasteiger charge is 2.24. The van der Waals surface area contributed by atoms with E-state index in [1.54, 1.807) is 0 Å². The molecule has 0 bridgehead atoms. The summed E-state index contributed by atoms with van der Waals surface area (Å²) in [6, 6.07) is 0. The minimum Gasteiger partial charge on any atom is -0.379 e. The van der Waals surface area contributed by atoms with Crippen LogP contribution in [0.5, 0.6) is 0 Å². The van der Waals surface area contributed by atoms with Gasteiger partial charge in [0.15, 0.2) is 5.12 Å². The lowest BCUT2D eigenvalue weighted by Crippen LogP contribution is -2.26. The van der Waals surface area contributed by atoms with Gasteiger partial charge in [0.05, 0.1) is 13.2 Å². The Kier molecular flexibility index (Phi) is 6.91. The molecule has 0 N–H and O–H groups in total. The summed E-state index contributed by atoms with van der Waals surface area (Å²) in [5.74, 6) is 0.808. The highest BCUT2D eigenvalue weighted by Crippen LogP contribution is 2.27. The van der Waals surface area contributed by atoms with Crippen LogP contribution in [0, 0.1) is 5.92 Å². The molecule has 4 heteroatoms. The summed E-state index contributed by atoms with van der Waals surface area (Å²) in [6.45, 7) is 9.12. The van der Waals surface area contributed by atoms with Crippen molar-refractivity contribution in [1.82, 2.24) is 0 Å². The zero-order valence-corrected chi connectivity index (χ0v) is 11.1. The number of thiol groups is 1. The van der Waals surface area contributed by atoms with Crippen molar-refractivity contribution in [1.29, 1.82) is 0 Å². The SMILES string of the molecule is CC(C)C(=O)SC(C)(C)COCCS. The zero-order chi connectivity index (χ0) is 11.2. The fraction of sp³-hybridized carbons (Fsp3) is 0.900. The molecule has 0 saturated heterocycles. The van der Waals surface area contributed by atoms with Crippen LogP contribution < -0.4 is 0 Å². The van der Waals surface area contributed by atoms with Crippen LogP contribution in [0.25, 0.3) is 0 Å². The zero-order valence-electron chi connectivity index (χ0n) is 9.37. The van der Waals surface area contributed by atoms with Crippen LogP contribution in [0.3, 0.4) is 0 Å². The quantitative estimate of drug-likeness (QED) is 0.567. The molecule has 0 aliphatic heterocycles. The predicted octanol–water partition coefficient (Wildman–Crippen LogP) is 2.63. The Hall–Kier alpha value is 0.330. The summed E-state index contributed by atoms with van der Waals surface area (Å²) in [4.78, 5) is 11.5. The average Bonchev–Trinajstić information content (AvgIpc) is 2.03. The smallest absolute Gasteiger partial charge is 0.192 e. The molecular weight excluding hydrogens is 216 g/mol. The normalized spacial score (nSPS) is 12.1. The third-order valence-corrected chi connectivity index (χ3v) is 3.06. The maximum absolute atomic E-state index is 11.5. The van der Waals surface area contributed by atoms with Crippen LogP contribution in [-0.2, 0) is 9.53 Å². The lowest BCUT2D eigenvalue weighted by atomic mass is 10.2. The van der Waals surface area contributed by atoms with Crippen molar-refractivity contribution in [3.05, 3.63) is 0 Å². The fourth-order valence-electron chi connectivity index (χ4n) is 0.802. The molecular formula is C10H20O2S2. The Labute approximate surface area is 96.6 Å². The Morgan fingerprint density at radius 3 is 2.50 bits per heavy atom. The van der Waals surface area contributed by atoms with Crippen LogP contribution in [-0.4, -0.2) is 28.8 Å². The monoisotopic (exact) mass is 236 g/mol. The van der Waals surface area contributed by atoms with Gasteiger partial charge in [0, 0.05) is 16.4 Å². The summed E-state index contributed by atoms with van der Waals surface area (Å²) >= 11 is 5.43. The van der Waals surface area contributed by atoms with Gasteiger partial charge in [-0.2, -0.15) is 12.6 Å². The largest absolute Gasteiger partial charge is 0.379 e. The van der Waals surface area contributed by atoms with Crippen molar-refractivity contribution < 1.29 is 9.53 Å². The summed E-state index contributed by atoms with van der Waals surface area (Å²) in [6.07, 6.45) is 0. The number of hydrogen-bond donors (Lipinski definition) is 1. The molecule has 0 amide bonds. The minimum absolute atomic E-state index is 0.0872. The van der Waals surface area contributed by atoms with Crippen LogP contribution in [0.2, 0.25) is 0 Å². The highest BCUT2D eigenvalue weighted by atomic mass is 32.2. The van der Waals surface area contributed by atoms with Gasteiger partial charge in [-0.15, -0.1) is 0 Å². The summed E-state index contributed by atoms with van der Waals surface area (Å²) < 4.78 is 5.24. The molecule has 0 aromatic rings. The van der Waals surface area contributed by atoms with E-state index in [9.17, 15) is 4.79 Å². The molecule has 0 aromatic heterocycles. The Bertz CT molecular complexity index is 179. The Balaban J connectivity index is 3.87. The topological polar surface area (TPSA) is 26.3 Å². The van der Waals surface area contributed by atoms with E-state index in [0.717, 1.165) is 5.75 Å². The van der Waals surface area contributed by atoms with E-state index in [4.69, 9.17) is 4.74 Å². The molecule has 84 valence electrons. The molecule has 0 unspecified atom stereocenters. The molecule has 0 saturated carbocycles. The molecule has 0 atom stereocenters. The first-order chi connectivity index (χ1) is 6.39. The molecule has 0 rings (SSSR count). The van der Waals surface area contributed by atoms with Crippen LogP contribution >= 0.6 is 24.4 Å². The predicted molar refractivity (Wildman–Crippen MR) is 66.2 cm³/mol. The fourth-order valence-corrected chi connectivity index (χ4v) is 1.85. The second-order valence-corrected chi connectivity index (χ2v) is 6.27. The third-order valence-electron chi connectivity index (χ3n) is 1.53. The molecule has 0 aromatic carbocycles. The average molecular weight is 236 g/mol. The van der Waals surface area contributed by atoms with Crippen molar-refractivity contribution in [2.24, 2.45) is 5.92 Å². The molecule has 0 radical (unpaired) electrons. The van der Waals surface area contributed by atoms with Crippen molar-refractivity contribution in [3.63, 3.8) is 0 Å². The molecule has 0 aliphatic rings. The number of carbonyl (C=O) groups excluding carboxylic acids is 1. The van der Waals surface area contributed by atoms with Crippen LogP contribution in [0.15, 0.2) is 0 Å². The molecule has 0 spiro atoms. The van der Waals surface area contributed by atoms with E-state index < -0.39 is 0 Å². The Morgan fingerprint density at radius 2 is 2.07 bits per heavy atom. The van der Waals surface area contributed by atoms with Gasteiger partial charge in [-0.3, -0.25) is 4.79 Å². The van der Waals surface area contributed by atoms with Crippen molar-refractivity contribution in [2.45, 2.75) is 32.4 Å². The number of carbonyl (C=O) groups is 1. The Morgan fingerprint density at radius 1 is 1.50 bits per heavy atom. The lowest BCUT2D eigenvalue weighted by Gasteiger charge is -2.23. The second-order valence-electron chi connectivity index (χ2n) is 4.11. The highest BCUT2D eigenvalue weighted by molar-refractivity contribution is 8.14. The van der Waals surface area contributed by atoms with E-state index in [2.05, 4.69) is 12.6 Å². The van der Waals surface area contributed by atoms with Gasteiger partial charge in [-0.1, -0.05) is 25.6 Å². The van der Waals surface area contributed by atoms with Gasteiger partial charge in [-0.25, -0.2) is 0 Å². The first kappa shape index (κ1) is 14.3. The maximum atomic E-state index is 11.5. The number of ether oxygens (including phenoxy) is 1. The molecule has 0 heterocycles. The van der Waals surface area contributed by atoms with Gasteiger partial charge < -0.3 is 4.74 Å². The summed E-state index contributed by atoms with van der Waals surface area (Å²) in [5.41, 5.74) is 0. The van der Waals surface area contributed by atoms with Gasteiger partial charge in [0.2, 0.25) is 0 Å². The summed E-state index contributed by atoms with van der Waals surface area (Å²) in [5, 5.41) is 0.226. The van der Waals surface area contributed by atoms with Crippen molar-refractivity contribution >= 4 is 29.5 Å². The number of thioether (sulfide) groups is 1. The summed E-state index contributed by atoms with van der Waals surface area (Å²) in [7, 11) is 0. The minimum atomic E-state index is -0.135. The lowest BCUT2D eigenvalue weighted by molar-refractivity contribution is -0.113. The van der Waals surface area contributed by atoms with Gasteiger partial charge in [-0.05, 0) is 13.8 Å². The first-order valence-corrected chi connectivity index (χ1v) is 6.25. The molecule has 0 aliphatic carbocycles. The second kappa shape index (κ2) is 6.75. The molecule has 0 fully saturated rings. The van der Waals surface area contributed by atoms with E-state index in [-0.39, 0.29) is 15.8 Å². The van der Waals surface area contributed by atoms with E-state index >= 15 is 0 Å². The number of hydrogen-bond acceptors (Lipinski definition) is 4. The third kappa shape index (κ3) is 6.74. The van der Waals surface area contributed by atoms with E-state index in [1.165, 1.54) is 11.8 Å². The van der Waals surface area contributed by atoms with Crippen LogP contribution in [0.4, 0.5) is 0 Å². The van der Waals surface area contributed by atoms with Gasteiger partial charge in [0.1, 0.15) is 0 Å². The van der Waals surface area contributed by atoms with Gasteiger partial charge in [0.25, 0.3) is 0 Å². The van der Waals surface area contributed by atoms with Crippen molar-refractivity contribution in [3.8, 4) is 0 Å².